The summed E-state index contributed by atoms with van der Waals surface area (Å²) in [4.78, 5) is 0. The van der Waals surface area contributed by atoms with E-state index in [2.05, 4.69) is 9.84 Å². The Morgan fingerprint density at radius 1 is 1.26 bits per heavy atom. The van der Waals surface area contributed by atoms with Gasteiger partial charge in [0.1, 0.15) is 5.75 Å². The number of rotatable bonds is 5. The molecule has 102 valence electrons. The molecule has 0 saturated heterocycles. The highest BCUT2D eigenvalue weighted by Gasteiger charge is 2.13. The molecule has 0 amide bonds. The fourth-order valence-corrected chi connectivity index (χ4v) is 1.90. The molecule has 0 aliphatic carbocycles. The topological polar surface area (TPSA) is 53.1 Å². The van der Waals surface area contributed by atoms with Crippen molar-refractivity contribution in [2.75, 3.05) is 0 Å². The smallest absolute Gasteiger partial charge is 0.387 e. The van der Waals surface area contributed by atoms with Crippen molar-refractivity contribution in [2.45, 2.75) is 26.1 Å². The second-order valence-electron chi connectivity index (χ2n) is 4.00. The SMILES string of the molecule is CCn1nccc1C(N)c1ccc(OC(F)F)cc1. The van der Waals surface area contributed by atoms with E-state index in [0.29, 0.717) is 0 Å². The summed E-state index contributed by atoms with van der Waals surface area (Å²) < 4.78 is 30.2. The Balaban J connectivity index is 2.18. The Morgan fingerprint density at radius 3 is 2.53 bits per heavy atom. The first kappa shape index (κ1) is 13.5. The number of alkyl halides is 2. The highest BCUT2D eigenvalue weighted by molar-refractivity contribution is 5.32. The average molecular weight is 267 g/mol. The number of nitrogens with zero attached hydrogens (tertiary/aromatic N) is 2. The Bertz CT molecular complexity index is 525. The van der Waals surface area contributed by atoms with Crippen molar-refractivity contribution in [2.24, 2.45) is 5.73 Å². The van der Waals surface area contributed by atoms with Crippen LogP contribution in [0.15, 0.2) is 36.5 Å². The van der Waals surface area contributed by atoms with E-state index in [1.54, 1.807) is 23.0 Å². The predicted octanol–water partition coefficient (Wildman–Crippen LogP) is 2.55. The zero-order chi connectivity index (χ0) is 13.8. The number of benzene rings is 1. The molecule has 2 rings (SSSR count). The number of aromatic nitrogens is 2. The molecule has 0 radical (unpaired) electrons. The molecule has 0 spiro atoms. The molecule has 2 N–H and O–H groups in total. The lowest BCUT2D eigenvalue weighted by Crippen LogP contribution is -2.17. The van der Waals surface area contributed by atoms with Crippen molar-refractivity contribution in [3.05, 3.63) is 47.8 Å². The van der Waals surface area contributed by atoms with Gasteiger partial charge in [0.2, 0.25) is 0 Å². The largest absolute Gasteiger partial charge is 0.435 e. The maximum atomic E-state index is 12.0. The van der Waals surface area contributed by atoms with Crippen LogP contribution in [0.3, 0.4) is 0 Å². The Kier molecular flexibility index (Phi) is 4.11. The second-order valence-corrected chi connectivity index (χ2v) is 4.00. The molecule has 1 unspecified atom stereocenters. The van der Waals surface area contributed by atoms with E-state index in [1.165, 1.54) is 12.1 Å². The maximum absolute atomic E-state index is 12.0. The summed E-state index contributed by atoms with van der Waals surface area (Å²) in [6, 6.07) is 7.81. The minimum Gasteiger partial charge on any atom is -0.435 e. The fraction of sp³-hybridized carbons (Fsp3) is 0.308. The Labute approximate surface area is 109 Å². The van der Waals surface area contributed by atoms with Crippen molar-refractivity contribution in [3.63, 3.8) is 0 Å². The molecule has 1 aromatic carbocycles. The average Bonchev–Trinajstić information content (AvgIpc) is 2.86. The van der Waals surface area contributed by atoms with Crippen molar-refractivity contribution < 1.29 is 13.5 Å². The van der Waals surface area contributed by atoms with Crippen LogP contribution in [-0.2, 0) is 6.54 Å². The second kappa shape index (κ2) is 5.79. The van der Waals surface area contributed by atoms with Crippen LogP contribution < -0.4 is 10.5 Å². The highest BCUT2D eigenvalue weighted by atomic mass is 19.3. The van der Waals surface area contributed by atoms with Crippen molar-refractivity contribution in [1.29, 1.82) is 0 Å². The van der Waals surface area contributed by atoms with Gasteiger partial charge in [0, 0.05) is 12.7 Å². The van der Waals surface area contributed by atoms with E-state index in [0.717, 1.165) is 17.8 Å². The van der Waals surface area contributed by atoms with E-state index in [4.69, 9.17) is 5.73 Å². The molecule has 1 atom stereocenters. The van der Waals surface area contributed by atoms with Crippen LogP contribution in [-0.4, -0.2) is 16.4 Å². The van der Waals surface area contributed by atoms with E-state index in [-0.39, 0.29) is 11.8 Å². The highest BCUT2D eigenvalue weighted by Crippen LogP contribution is 2.22. The lowest BCUT2D eigenvalue weighted by atomic mass is 10.0. The molecule has 1 heterocycles. The number of aryl methyl sites for hydroxylation is 1. The summed E-state index contributed by atoms with van der Waals surface area (Å²) in [6.07, 6.45) is 1.69. The molecular formula is C13H15F2N3O. The summed E-state index contributed by atoms with van der Waals surface area (Å²) in [7, 11) is 0. The van der Waals surface area contributed by atoms with Crippen molar-refractivity contribution >= 4 is 0 Å². The molecule has 0 aliphatic rings. The van der Waals surface area contributed by atoms with E-state index < -0.39 is 6.61 Å². The van der Waals surface area contributed by atoms with Gasteiger partial charge in [-0.1, -0.05) is 12.1 Å². The molecule has 6 heteroatoms. The molecular weight excluding hydrogens is 252 g/mol. The van der Waals surface area contributed by atoms with Gasteiger partial charge in [-0.05, 0) is 30.7 Å². The van der Waals surface area contributed by atoms with Gasteiger partial charge in [0.05, 0.1) is 11.7 Å². The van der Waals surface area contributed by atoms with E-state index >= 15 is 0 Å². The van der Waals surface area contributed by atoms with E-state index in [9.17, 15) is 8.78 Å². The molecule has 4 nitrogen and oxygen atoms in total. The van der Waals surface area contributed by atoms with Gasteiger partial charge in [-0.2, -0.15) is 13.9 Å². The molecule has 0 bridgehead atoms. The molecule has 0 saturated carbocycles. The number of hydrogen-bond acceptors (Lipinski definition) is 3. The van der Waals surface area contributed by atoms with Crippen LogP contribution in [0.5, 0.6) is 5.75 Å². The lowest BCUT2D eigenvalue weighted by molar-refractivity contribution is -0.0498. The van der Waals surface area contributed by atoms with Gasteiger partial charge in [0.15, 0.2) is 0 Å². The van der Waals surface area contributed by atoms with Crippen molar-refractivity contribution in [3.8, 4) is 5.75 Å². The zero-order valence-corrected chi connectivity index (χ0v) is 10.5. The Morgan fingerprint density at radius 2 is 1.95 bits per heavy atom. The third-order valence-electron chi connectivity index (χ3n) is 2.83. The van der Waals surface area contributed by atoms with Crippen molar-refractivity contribution in [1.82, 2.24) is 9.78 Å². The summed E-state index contributed by atoms with van der Waals surface area (Å²) in [5, 5.41) is 4.15. The number of hydrogen-bond donors (Lipinski definition) is 1. The molecule has 19 heavy (non-hydrogen) atoms. The van der Waals surface area contributed by atoms with Crippen LogP contribution in [0.2, 0.25) is 0 Å². The van der Waals surface area contributed by atoms with Crippen LogP contribution in [0, 0.1) is 0 Å². The van der Waals surface area contributed by atoms with Crippen LogP contribution in [0.1, 0.15) is 24.2 Å². The fourth-order valence-electron chi connectivity index (χ4n) is 1.90. The number of nitrogens with two attached hydrogens (primary N) is 1. The lowest BCUT2D eigenvalue weighted by Gasteiger charge is -2.14. The molecule has 0 aliphatic heterocycles. The van der Waals surface area contributed by atoms with Gasteiger partial charge in [-0.25, -0.2) is 0 Å². The van der Waals surface area contributed by atoms with Gasteiger partial charge < -0.3 is 10.5 Å². The minimum absolute atomic E-state index is 0.120. The van der Waals surface area contributed by atoms with Gasteiger partial charge in [0.25, 0.3) is 0 Å². The third-order valence-corrected chi connectivity index (χ3v) is 2.83. The predicted molar refractivity (Wildman–Crippen MR) is 67.0 cm³/mol. The van der Waals surface area contributed by atoms with Gasteiger partial charge in [-0.15, -0.1) is 0 Å². The monoisotopic (exact) mass is 267 g/mol. The Hall–Kier alpha value is -1.95. The van der Waals surface area contributed by atoms with Crippen LogP contribution in [0.4, 0.5) is 8.78 Å². The summed E-state index contributed by atoms with van der Waals surface area (Å²) >= 11 is 0. The first-order valence-electron chi connectivity index (χ1n) is 5.94. The third kappa shape index (κ3) is 3.08. The first-order chi connectivity index (χ1) is 9.11. The summed E-state index contributed by atoms with van der Waals surface area (Å²) in [5.74, 6) is 0.120. The maximum Gasteiger partial charge on any atom is 0.387 e. The molecule has 2 aromatic rings. The van der Waals surface area contributed by atoms with Crippen LogP contribution in [0.25, 0.3) is 0 Å². The first-order valence-corrected chi connectivity index (χ1v) is 5.94. The summed E-state index contributed by atoms with van der Waals surface area (Å²) in [6.45, 7) is -0.119. The number of halogens is 2. The zero-order valence-electron chi connectivity index (χ0n) is 10.5. The van der Waals surface area contributed by atoms with E-state index in [1.807, 2.05) is 13.0 Å². The summed E-state index contributed by atoms with van der Waals surface area (Å²) in [5.41, 5.74) is 7.83. The van der Waals surface area contributed by atoms with Gasteiger partial charge in [-0.3, -0.25) is 4.68 Å². The van der Waals surface area contributed by atoms with Gasteiger partial charge >= 0.3 is 6.61 Å². The molecule has 0 fully saturated rings. The quantitative estimate of drug-likeness (QED) is 0.905. The normalized spacial score (nSPS) is 12.7. The van der Waals surface area contributed by atoms with Crippen LogP contribution >= 0.6 is 0 Å². The molecule has 1 aromatic heterocycles. The minimum atomic E-state index is -2.82. The standard InChI is InChI=1S/C13H15F2N3O/c1-2-18-11(7-8-17-18)12(16)9-3-5-10(6-4-9)19-13(14)15/h3-8,12-13H,2,16H2,1H3. The number of ether oxygens (including phenoxy) is 1.